The summed E-state index contributed by atoms with van der Waals surface area (Å²) in [6, 6.07) is 0.362. The molecule has 0 saturated heterocycles. The molecule has 0 aliphatic heterocycles. The maximum absolute atomic E-state index is 11.7. The van der Waals surface area contributed by atoms with E-state index >= 15 is 0 Å². The van der Waals surface area contributed by atoms with E-state index in [9.17, 15) is 4.79 Å². The highest BCUT2D eigenvalue weighted by Crippen LogP contribution is 2.23. The largest absolute Gasteiger partial charge is 0.352 e. The van der Waals surface area contributed by atoms with E-state index in [1.165, 1.54) is 19.3 Å². The lowest BCUT2D eigenvalue weighted by molar-refractivity contribution is -0.123. The highest BCUT2D eigenvalue weighted by atomic mass is 16.2. The third kappa shape index (κ3) is 4.24. The van der Waals surface area contributed by atoms with E-state index < -0.39 is 0 Å². The van der Waals surface area contributed by atoms with Crippen molar-refractivity contribution in [2.45, 2.75) is 38.6 Å². The summed E-state index contributed by atoms with van der Waals surface area (Å²) in [6.45, 7) is 3.14. The highest BCUT2D eigenvalue weighted by Gasteiger charge is 2.22. The zero-order valence-electron chi connectivity index (χ0n) is 10.3. The van der Waals surface area contributed by atoms with Gasteiger partial charge in [-0.3, -0.25) is 9.69 Å². The van der Waals surface area contributed by atoms with Crippen molar-refractivity contribution >= 4 is 5.91 Å². The third-order valence-electron chi connectivity index (χ3n) is 3.23. The van der Waals surface area contributed by atoms with Gasteiger partial charge < -0.3 is 5.32 Å². The maximum Gasteiger partial charge on any atom is 0.234 e. The Morgan fingerprint density at radius 3 is 2.81 bits per heavy atom. The molecule has 0 spiro atoms. The SMILES string of the molecule is C#CCN(C)CC(=O)N[C@H]1CCCC[C@@H]1C. The molecule has 1 rings (SSSR count). The number of terminal acetylenes is 1. The fraction of sp³-hybridized carbons (Fsp3) is 0.769. The standard InChI is InChI=1S/C13H22N2O/c1-4-9-15(3)10-13(16)14-12-8-6-5-7-11(12)2/h1,11-12H,5-10H2,2-3H3,(H,14,16)/t11-,12-/m0/s1. The Hall–Kier alpha value is -1.01. The van der Waals surface area contributed by atoms with Crippen LogP contribution in [0.5, 0.6) is 0 Å². The Morgan fingerprint density at radius 1 is 1.50 bits per heavy atom. The first-order chi connectivity index (χ1) is 7.63. The summed E-state index contributed by atoms with van der Waals surface area (Å²) in [5.41, 5.74) is 0. The van der Waals surface area contributed by atoms with E-state index in [1.54, 1.807) is 0 Å². The maximum atomic E-state index is 11.7. The molecule has 0 bridgehead atoms. The fourth-order valence-electron chi connectivity index (χ4n) is 2.24. The van der Waals surface area contributed by atoms with Crippen LogP contribution in [0.4, 0.5) is 0 Å². The molecule has 0 heterocycles. The van der Waals surface area contributed by atoms with Gasteiger partial charge in [0, 0.05) is 6.04 Å². The lowest BCUT2D eigenvalue weighted by Crippen LogP contribution is -2.45. The van der Waals surface area contributed by atoms with Crippen molar-refractivity contribution in [2.24, 2.45) is 5.92 Å². The van der Waals surface area contributed by atoms with Crippen LogP contribution in [0.15, 0.2) is 0 Å². The zero-order valence-corrected chi connectivity index (χ0v) is 10.3. The second-order valence-electron chi connectivity index (χ2n) is 4.81. The number of carbonyl (C=O) groups excluding carboxylic acids is 1. The molecular weight excluding hydrogens is 200 g/mol. The topological polar surface area (TPSA) is 32.3 Å². The van der Waals surface area contributed by atoms with Crippen molar-refractivity contribution in [1.82, 2.24) is 10.2 Å². The van der Waals surface area contributed by atoms with Crippen molar-refractivity contribution < 1.29 is 4.79 Å². The van der Waals surface area contributed by atoms with E-state index in [2.05, 4.69) is 18.2 Å². The Morgan fingerprint density at radius 2 is 2.19 bits per heavy atom. The van der Waals surface area contributed by atoms with Gasteiger partial charge in [0.2, 0.25) is 5.91 Å². The van der Waals surface area contributed by atoms with E-state index in [4.69, 9.17) is 6.42 Å². The molecule has 0 aromatic heterocycles. The molecule has 1 amide bonds. The second-order valence-corrected chi connectivity index (χ2v) is 4.81. The molecule has 0 aromatic carbocycles. The number of likely N-dealkylation sites (N-methyl/N-ethyl adjacent to an activating group) is 1. The summed E-state index contributed by atoms with van der Waals surface area (Å²) in [5, 5.41) is 3.11. The number of nitrogens with one attached hydrogen (secondary N) is 1. The molecule has 3 nitrogen and oxygen atoms in total. The Balaban J connectivity index is 2.30. The van der Waals surface area contributed by atoms with Gasteiger partial charge in [-0.1, -0.05) is 25.7 Å². The third-order valence-corrected chi connectivity index (χ3v) is 3.23. The molecule has 1 aliphatic rings. The number of nitrogens with zero attached hydrogens (tertiary/aromatic N) is 1. The minimum absolute atomic E-state index is 0.0940. The van der Waals surface area contributed by atoms with Crippen molar-refractivity contribution in [1.29, 1.82) is 0 Å². The van der Waals surface area contributed by atoms with Crippen LogP contribution in [0.25, 0.3) is 0 Å². The summed E-state index contributed by atoms with van der Waals surface area (Å²) in [5.74, 6) is 3.23. The fourth-order valence-corrected chi connectivity index (χ4v) is 2.24. The summed E-state index contributed by atoms with van der Waals surface area (Å²) in [7, 11) is 1.86. The molecule has 90 valence electrons. The lowest BCUT2D eigenvalue weighted by atomic mass is 9.86. The van der Waals surface area contributed by atoms with Crippen LogP contribution in [0.2, 0.25) is 0 Å². The minimum atomic E-state index is 0.0940. The van der Waals surface area contributed by atoms with Crippen LogP contribution in [0, 0.1) is 18.3 Å². The van der Waals surface area contributed by atoms with Crippen LogP contribution in [-0.4, -0.2) is 37.0 Å². The van der Waals surface area contributed by atoms with Gasteiger partial charge in [0.15, 0.2) is 0 Å². The molecular formula is C13H22N2O. The zero-order chi connectivity index (χ0) is 12.0. The predicted octanol–water partition coefficient (Wildman–Crippen LogP) is 1.25. The minimum Gasteiger partial charge on any atom is -0.352 e. The lowest BCUT2D eigenvalue weighted by Gasteiger charge is -2.30. The average molecular weight is 222 g/mol. The first-order valence-electron chi connectivity index (χ1n) is 6.05. The molecule has 16 heavy (non-hydrogen) atoms. The van der Waals surface area contributed by atoms with Gasteiger partial charge in [-0.25, -0.2) is 0 Å². The first kappa shape index (κ1) is 13.1. The van der Waals surface area contributed by atoms with Crippen molar-refractivity contribution in [3.05, 3.63) is 0 Å². The van der Waals surface area contributed by atoms with E-state index in [-0.39, 0.29) is 5.91 Å². The average Bonchev–Trinajstić information content (AvgIpc) is 2.21. The molecule has 1 aliphatic carbocycles. The van der Waals surface area contributed by atoms with Crippen molar-refractivity contribution in [3.8, 4) is 12.3 Å². The van der Waals surface area contributed by atoms with Crippen LogP contribution in [0.3, 0.4) is 0 Å². The summed E-state index contributed by atoms with van der Waals surface area (Å²) in [4.78, 5) is 13.6. The molecule has 0 radical (unpaired) electrons. The van der Waals surface area contributed by atoms with Crippen LogP contribution < -0.4 is 5.32 Å². The van der Waals surface area contributed by atoms with Gasteiger partial charge in [-0.05, 0) is 25.8 Å². The molecule has 3 heteroatoms. The highest BCUT2D eigenvalue weighted by molar-refractivity contribution is 5.78. The van der Waals surface area contributed by atoms with Crippen LogP contribution in [0.1, 0.15) is 32.6 Å². The van der Waals surface area contributed by atoms with E-state index in [0.717, 1.165) is 6.42 Å². The normalized spacial score (nSPS) is 25.1. The van der Waals surface area contributed by atoms with Gasteiger partial charge >= 0.3 is 0 Å². The molecule has 0 unspecified atom stereocenters. The monoisotopic (exact) mass is 222 g/mol. The van der Waals surface area contributed by atoms with Crippen LogP contribution >= 0.6 is 0 Å². The first-order valence-corrected chi connectivity index (χ1v) is 6.05. The number of carbonyl (C=O) groups is 1. The molecule has 1 saturated carbocycles. The van der Waals surface area contributed by atoms with Crippen molar-refractivity contribution in [2.75, 3.05) is 20.1 Å². The smallest absolute Gasteiger partial charge is 0.234 e. The van der Waals surface area contributed by atoms with Gasteiger partial charge in [0.25, 0.3) is 0 Å². The Bertz CT molecular complexity index is 270. The van der Waals surface area contributed by atoms with Crippen LogP contribution in [-0.2, 0) is 4.79 Å². The number of rotatable bonds is 4. The Kier molecular flexibility index (Phi) is 5.34. The predicted molar refractivity (Wildman–Crippen MR) is 65.9 cm³/mol. The summed E-state index contributed by atoms with van der Waals surface area (Å²) >= 11 is 0. The molecule has 1 fully saturated rings. The van der Waals surface area contributed by atoms with Gasteiger partial charge in [0.05, 0.1) is 13.1 Å². The number of hydrogen-bond donors (Lipinski definition) is 1. The molecule has 0 aromatic rings. The van der Waals surface area contributed by atoms with Gasteiger partial charge in [-0.15, -0.1) is 6.42 Å². The van der Waals surface area contributed by atoms with Crippen molar-refractivity contribution in [3.63, 3.8) is 0 Å². The number of hydrogen-bond acceptors (Lipinski definition) is 2. The second kappa shape index (κ2) is 6.55. The van der Waals surface area contributed by atoms with E-state index in [1.807, 2.05) is 11.9 Å². The molecule has 2 atom stereocenters. The Labute approximate surface area is 98.6 Å². The van der Waals surface area contributed by atoms with Gasteiger partial charge in [0.1, 0.15) is 0 Å². The number of amides is 1. The summed E-state index contributed by atoms with van der Waals surface area (Å²) in [6.07, 6.45) is 10.1. The quantitative estimate of drug-likeness (QED) is 0.726. The molecule has 1 N–H and O–H groups in total. The van der Waals surface area contributed by atoms with Gasteiger partial charge in [-0.2, -0.15) is 0 Å². The summed E-state index contributed by atoms with van der Waals surface area (Å²) < 4.78 is 0. The van der Waals surface area contributed by atoms with E-state index in [0.29, 0.717) is 25.0 Å².